The highest BCUT2D eigenvalue weighted by molar-refractivity contribution is 5.71. The molecule has 0 amide bonds. The predicted octanol–water partition coefficient (Wildman–Crippen LogP) is 24.2. The van der Waals surface area contributed by atoms with Crippen LogP contribution in [0.2, 0.25) is 0 Å². The predicted molar refractivity (Wildman–Crippen MR) is 340 cm³/mol. The van der Waals surface area contributed by atoms with Crippen molar-refractivity contribution in [2.45, 2.75) is 406 Å². The van der Waals surface area contributed by atoms with E-state index >= 15 is 0 Å². The van der Waals surface area contributed by atoms with Gasteiger partial charge in [-0.25, -0.2) is 0 Å². The molecule has 0 aliphatic rings. The lowest BCUT2D eigenvalue weighted by molar-refractivity contribution is -0.167. The van der Waals surface area contributed by atoms with Gasteiger partial charge in [0.2, 0.25) is 0 Å². The van der Waals surface area contributed by atoms with Crippen LogP contribution in [0.3, 0.4) is 0 Å². The summed E-state index contributed by atoms with van der Waals surface area (Å²) in [5.41, 5.74) is 0. The second-order valence-corrected chi connectivity index (χ2v) is 24.1. The lowest BCUT2D eigenvalue weighted by Gasteiger charge is -2.18. The highest BCUT2D eigenvalue weighted by atomic mass is 16.6. The van der Waals surface area contributed by atoms with Gasteiger partial charge in [-0.15, -0.1) is 0 Å². The van der Waals surface area contributed by atoms with Crippen LogP contribution in [0.15, 0.2) is 24.3 Å². The molecule has 0 radical (unpaired) electrons. The first-order chi connectivity index (χ1) is 38.5. The lowest BCUT2D eigenvalue weighted by atomic mass is 10.0. The third kappa shape index (κ3) is 64.7. The smallest absolute Gasteiger partial charge is 0.306 e. The number of carbonyl (C=O) groups excluding carboxylic acids is 3. The number of esters is 3. The van der Waals surface area contributed by atoms with Gasteiger partial charge in [0.15, 0.2) is 6.10 Å². The summed E-state index contributed by atoms with van der Waals surface area (Å²) in [6.07, 6.45) is 82.3. The van der Waals surface area contributed by atoms with Crippen LogP contribution in [-0.4, -0.2) is 37.2 Å². The van der Waals surface area contributed by atoms with Gasteiger partial charge >= 0.3 is 17.9 Å². The van der Waals surface area contributed by atoms with Crippen molar-refractivity contribution < 1.29 is 28.6 Å². The maximum absolute atomic E-state index is 12.9. The van der Waals surface area contributed by atoms with E-state index < -0.39 is 6.10 Å². The van der Waals surface area contributed by atoms with Crippen molar-refractivity contribution in [3.8, 4) is 0 Å². The number of hydrogen-bond acceptors (Lipinski definition) is 6. The number of ether oxygens (including phenoxy) is 3. The monoisotopic (exact) mass is 1100 g/mol. The molecule has 0 fully saturated rings. The van der Waals surface area contributed by atoms with E-state index in [0.29, 0.717) is 19.3 Å². The van der Waals surface area contributed by atoms with Gasteiger partial charge in [-0.2, -0.15) is 0 Å². The molecule has 0 aromatic carbocycles. The molecule has 1 unspecified atom stereocenters. The van der Waals surface area contributed by atoms with Crippen LogP contribution >= 0.6 is 0 Å². The van der Waals surface area contributed by atoms with E-state index in [1.807, 2.05) is 0 Å². The standard InChI is InChI=1S/C72H136O6/c1-4-7-10-13-16-19-22-25-27-29-30-31-32-33-34-35-36-37-38-39-40-41-42-44-45-47-50-53-56-59-62-65-71(74)77-68-69(67-76-70(73)64-61-58-55-52-49-24-21-18-15-12-9-6-3)78-72(75)66-63-60-57-54-51-48-46-43-28-26-23-20-17-14-11-8-5-2/h18,21,26,28,69H,4-17,19-20,22-25,27,29-68H2,1-3H3/b21-18-,28-26-. The SMILES string of the molecule is CCCCC/C=C\CCCCCCCC(=O)OCC(COC(=O)CCCCCCCCCCCCCCCCCCCCCCCCCCCCCCCCC)OC(=O)CCCCCCCCC/C=C\CCCCCCCC. The van der Waals surface area contributed by atoms with Crippen LogP contribution < -0.4 is 0 Å². The average Bonchev–Trinajstić information content (AvgIpc) is 3.44. The van der Waals surface area contributed by atoms with Gasteiger partial charge < -0.3 is 14.2 Å². The second-order valence-electron chi connectivity index (χ2n) is 24.1. The third-order valence-corrected chi connectivity index (χ3v) is 16.2. The van der Waals surface area contributed by atoms with E-state index in [1.54, 1.807) is 0 Å². The molecule has 0 aliphatic heterocycles. The molecule has 0 bridgehead atoms. The van der Waals surface area contributed by atoms with Crippen molar-refractivity contribution >= 4 is 17.9 Å². The molecule has 0 rings (SSSR count). The molecule has 460 valence electrons. The molecule has 0 N–H and O–H groups in total. The lowest BCUT2D eigenvalue weighted by Crippen LogP contribution is -2.30. The topological polar surface area (TPSA) is 78.9 Å². The van der Waals surface area contributed by atoms with Crippen molar-refractivity contribution in [3.05, 3.63) is 24.3 Å². The highest BCUT2D eigenvalue weighted by Crippen LogP contribution is 2.19. The molecule has 1 atom stereocenters. The number of rotatable bonds is 66. The molecule has 0 saturated carbocycles. The average molecular weight is 1100 g/mol. The molecular weight excluding hydrogens is 961 g/mol. The van der Waals surface area contributed by atoms with Crippen molar-refractivity contribution in [3.63, 3.8) is 0 Å². The Morgan fingerprint density at radius 1 is 0.244 bits per heavy atom. The maximum atomic E-state index is 12.9. The zero-order chi connectivity index (χ0) is 56.4. The fraction of sp³-hybridized carbons (Fsp3) is 0.903. The summed E-state index contributed by atoms with van der Waals surface area (Å²) >= 11 is 0. The van der Waals surface area contributed by atoms with Crippen LogP contribution in [0.4, 0.5) is 0 Å². The minimum absolute atomic E-state index is 0.0707. The number of carbonyl (C=O) groups is 3. The Balaban J connectivity index is 4.10. The summed E-state index contributed by atoms with van der Waals surface area (Å²) < 4.78 is 16.9. The van der Waals surface area contributed by atoms with E-state index in [4.69, 9.17) is 14.2 Å². The van der Waals surface area contributed by atoms with E-state index in [1.165, 1.54) is 295 Å². The summed E-state index contributed by atoms with van der Waals surface area (Å²) in [4.78, 5) is 38.3. The van der Waals surface area contributed by atoms with Crippen molar-refractivity contribution in [1.29, 1.82) is 0 Å². The summed E-state index contributed by atoms with van der Waals surface area (Å²) in [7, 11) is 0. The highest BCUT2D eigenvalue weighted by Gasteiger charge is 2.19. The summed E-state index contributed by atoms with van der Waals surface area (Å²) in [6.45, 7) is 6.67. The molecule has 78 heavy (non-hydrogen) atoms. The van der Waals surface area contributed by atoms with Gasteiger partial charge in [-0.1, -0.05) is 334 Å². The minimum atomic E-state index is -0.774. The van der Waals surface area contributed by atoms with Crippen LogP contribution in [0.1, 0.15) is 400 Å². The van der Waals surface area contributed by atoms with Gasteiger partial charge in [0.1, 0.15) is 13.2 Å². The summed E-state index contributed by atoms with van der Waals surface area (Å²) in [5.74, 6) is -0.858. The van der Waals surface area contributed by atoms with Gasteiger partial charge in [0, 0.05) is 19.3 Å². The van der Waals surface area contributed by atoms with E-state index in [2.05, 4.69) is 45.1 Å². The zero-order valence-electron chi connectivity index (χ0n) is 53.0. The Hall–Kier alpha value is -2.11. The molecule has 0 aromatic heterocycles. The minimum Gasteiger partial charge on any atom is -0.462 e. The van der Waals surface area contributed by atoms with Gasteiger partial charge in [-0.05, 0) is 70.6 Å². The van der Waals surface area contributed by atoms with Crippen LogP contribution in [0, 0.1) is 0 Å². The molecule has 0 aliphatic carbocycles. The largest absolute Gasteiger partial charge is 0.462 e. The van der Waals surface area contributed by atoms with Crippen molar-refractivity contribution in [1.82, 2.24) is 0 Å². The van der Waals surface area contributed by atoms with Gasteiger partial charge in [0.05, 0.1) is 0 Å². The second kappa shape index (κ2) is 67.4. The first kappa shape index (κ1) is 75.9. The van der Waals surface area contributed by atoms with Gasteiger partial charge in [-0.3, -0.25) is 14.4 Å². The Morgan fingerprint density at radius 3 is 0.667 bits per heavy atom. The maximum Gasteiger partial charge on any atom is 0.306 e. The number of unbranched alkanes of at least 4 members (excludes halogenated alkanes) is 51. The van der Waals surface area contributed by atoms with Crippen molar-refractivity contribution in [2.75, 3.05) is 13.2 Å². The molecule has 0 aromatic rings. The third-order valence-electron chi connectivity index (χ3n) is 16.2. The number of allylic oxidation sites excluding steroid dienone is 4. The fourth-order valence-electron chi connectivity index (χ4n) is 10.8. The molecule has 0 spiro atoms. The Bertz CT molecular complexity index is 1260. The Kier molecular flexibility index (Phi) is 65.6. The fourth-order valence-corrected chi connectivity index (χ4v) is 10.8. The van der Waals surface area contributed by atoms with Crippen LogP contribution in [0.25, 0.3) is 0 Å². The van der Waals surface area contributed by atoms with Crippen molar-refractivity contribution in [2.24, 2.45) is 0 Å². The number of hydrogen-bond donors (Lipinski definition) is 0. The normalized spacial score (nSPS) is 12.1. The van der Waals surface area contributed by atoms with Crippen LogP contribution in [0.5, 0.6) is 0 Å². The molecule has 0 heterocycles. The zero-order valence-corrected chi connectivity index (χ0v) is 53.0. The van der Waals surface area contributed by atoms with Gasteiger partial charge in [0.25, 0.3) is 0 Å². The Morgan fingerprint density at radius 2 is 0.423 bits per heavy atom. The first-order valence-corrected chi connectivity index (χ1v) is 35.3. The Labute approximate surface area is 487 Å². The quantitative estimate of drug-likeness (QED) is 0.0261. The van der Waals surface area contributed by atoms with Crippen LogP contribution in [-0.2, 0) is 28.6 Å². The summed E-state index contributed by atoms with van der Waals surface area (Å²) in [5, 5.41) is 0. The molecule has 0 saturated heterocycles. The van der Waals surface area contributed by atoms with E-state index in [0.717, 1.165) is 64.2 Å². The van der Waals surface area contributed by atoms with E-state index in [9.17, 15) is 14.4 Å². The summed E-state index contributed by atoms with van der Waals surface area (Å²) in [6, 6.07) is 0. The molecule has 6 nitrogen and oxygen atoms in total. The molecular formula is C72H136O6. The first-order valence-electron chi connectivity index (χ1n) is 35.3. The molecule has 6 heteroatoms. The van der Waals surface area contributed by atoms with E-state index in [-0.39, 0.29) is 31.1 Å².